The van der Waals surface area contributed by atoms with E-state index in [0.29, 0.717) is 30.9 Å². The minimum atomic E-state index is -0.587. The lowest BCUT2D eigenvalue weighted by molar-refractivity contribution is -0.00280. The van der Waals surface area contributed by atoms with E-state index in [0.717, 1.165) is 54.1 Å². The van der Waals surface area contributed by atoms with Gasteiger partial charge >= 0.3 is 12.1 Å². The summed E-state index contributed by atoms with van der Waals surface area (Å²) in [5, 5.41) is 2.48. The first-order valence-corrected chi connectivity index (χ1v) is 16.4. The summed E-state index contributed by atoms with van der Waals surface area (Å²) < 4.78 is 28.9. The number of carbonyl (C=O) groups excluding carboxylic acids is 1. The predicted molar refractivity (Wildman–Crippen MR) is 178 cm³/mol. The summed E-state index contributed by atoms with van der Waals surface area (Å²) in [6.45, 7) is 12.3. The molecule has 3 aliphatic rings. The van der Waals surface area contributed by atoms with Crippen molar-refractivity contribution < 1.29 is 18.7 Å². The highest BCUT2D eigenvalue weighted by Gasteiger charge is 2.52. The number of aromatic nitrogens is 3. The number of hydrogen-bond donors (Lipinski definition) is 0. The minimum absolute atomic E-state index is 0.0640. The third-order valence-corrected chi connectivity index (χ3v) is 9.80. The van der Waals surface area contributed by atoms with Crippen LogP contribution in [0.2, 0.25) is 0 Å². The van der Waals surface area contributed by atoms with Crippen LogP contribution in [-0.2, 0) is 4.74 Å². The largest absolute Gasteiger partial charge is 0.462 e. The molecule has 0 aliphatic carbocycles. The summed E-state index contributed by atoms with van der Waals surface area (Å²) in [4.78, 5) is 34.0. The van der Waals surface area contributed by atoms with Crippen LogP contribution in [0.3, 0.4) is 0 Å². The van der Waals surface area contributed by atoms with E-state index in [1.807, 2.05) is 62.9 Å². The molecule has 242 valence electrons. The van der Waals surface area contributed by atoms with Gasteiger partial charge in [-0.3, -0.25) is 9.88 Å². The van der Waals surface area contributed by atoms with Crippen LogP contribution >= 0.6 is 0 Å². The van der Waals surface area contributed by atoms with Gasteiger partial charge < -0.3 is 19.3 Å². The molecule has 5 heterocycles. The van der Waals surface area contributed by atoms with Crippen LogP contribution in [-0.4, -0.2) is 87.4 Å². The monoisotopic (exact) mass is 626 g/mol. The molecule has 0 saturated carbocycles. The van der Waals surface area contributed by atoms with Gasteiger partial charge in [0.05, 0.1) is 17.0 Å². The number of likely N-dealkylation sites (N-methyl/N-ethyl adjacent to an activating group) is 1. The molecule has 3 fully saturated rings. The zero-order valence-corrected chi connectivity index (χ0v) is 27.6. The minimum Gasteiger partial charge on any atom is -0.462 e. The Hall–Kier alpha value is -4.05. The molecule has 3 saturated heterocycles. The SMILES string of the molecule is Cc1cc(-c2ncc3c(N4CC5CCC(C)(C4)N5C(=O)OC(C)(C)C)nc(OC[C@@H]4CCCN4C)nc3c2F)c2ccccc2c1. The summed E-state index contributed by atoms with van der Waals surface area (Å²) in [6.07, 6.45) is 5.24. The third kappa shape index (κ3) is 5.50. The van der Waals surface area contributed by atoms with E-state index < -0.39 is 17.0 Å². The van der Waals surface area contributed by atoms with Crippen molar-refractivity contribution in [3.63, 3.8) is 0 Å². The van der Waals surface area contributed by atoms with Gasteiger partial charge in [-0.2, -0.15) is 9.97 Å². The molecule has 3 atom stereocenters. The van der Waals surface area contributed by atoms with Crippen LogP contribution in [0.15, 0.2) is 42.6 Å². The first-order chi connectivity index (χ1) is 21.9. The summed E-state index contributed by atoms with van der Waals surface area (Å²) >= 11 is 0. The van der Waals surface area contributed by atoms with Crippen LogP contribution in [0.1, 0.15) is 58.9 Å². The maximum atomic E-state index is 16.8. The first kappa shape index (κ1) is 30.6. The number of ether oxygens (including phenoxy) is 2. The van der Waals surface area contributed by atoms with E-state index in [4.69, 9.17) is 19.4 Å². The molecule has 2 aromatic heterocycles. The first-order valence-electron chi connectivity index (χ1n) is 16.4. The van der Waals surface area contributed by atoms with Gasteiger partial charge in [0.15, 0.2) is 5.82 Å². The maximum Gasteiger partial charge on any atom is 0.411 e. The molecular formula is C36H43FN6O3. The topological polar surface area (TPSA) is 83.9 Å². The molecule has 10 heteroatoms. The van der Waals surface area contributed by atoms with Gasteiger partial charge in [0.1, 0.15) is 29.2 Å². The number of nitrogens with zero attached hydrogens (tertiary/aromatic N) is 6. The van der Waals surface area contributed by atoms with Gasteiger partial charge in [0.2, 0.25) is 0 Å². The number of carbonyl (C=O) groups is 1. The highest BCUT2D eigenvalue weighted by atomic mass is 19.1. The molecule has 4 aromatic rings. The van der Waals surface area contributed by atoms with Crippen molar-refractivity contribution in [3.8, 4) is 17.3 Å². The van der Waals surface area contributed by atoms with E-state index in [1.54, 1.807) is 6.20 Å². The summed E-state index contributed by atoms with van der Waals surface area (Å²) in [5.41, 5.74) is 1.12. The van der Waals surface area contributed by atoms with Crippen molar-refractivity contribution in [1.29, 1.82) is 0 Å². The lowest BCUT2D eigenvalue weighted by Crippen LogP contribution is -2.63. The second-order valence-corrected chi connectivity index (χ2v) is 14.6. The molecule has 2 aromatic carbocycles. The fraction of sp³-hybridized carbons (Fsp3) is 0.500. The van der Waals surface area contributed by atoms with Crippen LogP contribution < -0.4 is 9.64 Å². The Balaban J connectivity index is 1.31. The highest BCUT2D eigenvalue weighted by Crippen LogP contribution is 2.43. The van der Waals surface area contributed by atoms with Crippen LogP contribution in [0.25, 0.3) is 32.9 Å². The number of benzene rings is 2. The second kappa shape index (κ2) is 11.3. The van der Waals surface area contributed by atoms with Crippen molar-refractivity contribution in [1.82, 2.24) is 24.8 Å². The number of piperazine rings is 1. The summed E-state index contributed by atoms with van der Waals surface area (Å²) in [5.74, 6) is 0.0788. The average molecular weight is 627 g/mol. The Morgan fingerprint density at radius 1 is 1.13 bits per heavy atom. The third-order valence-electron chi connectivity index (χ3n) is 9.80. The van der Waals surface area contributed by atoms with Crippen LogP contribution in [0.4, 0.5) is 15.0 Å². The van der Waals surface area contributed by atoms with Crippen LogP contribution in [0, 0.1) is 12.7 Å². The molecule has 9 nitrogen and oxygen atoms in total. The van der Waals surface area contributed by atoms with E-state index in [1.165, 1.54) is 0 Å². The smallest absolute Gasteiger partial charge is 0.411 e. The van der Waals surface area contributed by atoms with E-state index in [9.17, 15) is 4.79 Å². The predicted octanol–water partition coefficient (Wildman–Crippen LogP) is 6.74. The maximum absolute atomic E-state index is 16.8. The van der Waals surface area contributed by atoms with Crippen molar-refractivity contribution in [2.24, 2.45) is 0 Å². The van der Waals surface area contributed by atoms with E-state index >= 15 is 4.39 Å². The van der Waals surface area contributed by atoms with Gasteiger partial charge in [-0.05, 0) is 96.3 Å². The number of pyridine rings is 1. The number of anilines is 1. The van der Waals surface area contributed by atoms with Crippen molar-refractivity contribution in [3.05, 3.63) is 54.0 Å². The van der Waals surface area contributed by atoms with Gasteiger partial charge in [0.25, 0.3) is 0 Å². The normalized spacial score (nSPS) is 23.5. The van der Waals surface area contributed by atoms with Gasteiger partial charge in [0, 0.05) is 30.9 Å². The number of aryl methyl sites for hydroxylation is 1. The highest BCUT2D eigenvalue weighted by molar-refractivity contribution is 5.99. The quantitative estimate of drug-likeness (QED) is 0.241. The standard InChI is InChI=1S/C36H43FN6O3/c1-22-16-23-10-7-8-12-26(23)27(17-22)30-29(37)31-28(18-38-30)32(40-33(39-31)45-20-25-11-9-15-41(25)6)42-19-24-13-14-36(5,21-42)43(24)34(44)46-35(2,3)4/h7-8,10,12,16-18,24-25H,9,11,13-15,19-21H2,1-6H3/t24?,25-,36?/m0/s1. The van der Waals surface area contributed by atoms with Gasteiger partial charge in [-0.25, -0.2) is 9.18 Å². The van der Waals surface area contributed by atoms with Crippen molar-refractivity contribution >= 4 is 33.6 Å². The van der Waals surface area contributed by atoms with E-state index in [2.05, 4.69) is 34.8 Å². The fourth-order valence-corrected chi connectivity index (χ4v) is 7.60. The van der Waals surface area contributed by atoms with E-state index in [-0.39, 0.29) is 35.4 Å². The molecule has 0 spiro atoms. The number of fused-ring (bicyclic) bond motifs is 4. The Kier molecular flexibility index (Phi) is 7.54. The number of likely N-dealkylation sites (tertiary alicyclic amines) is 1. The zero-order valence-electron chi connectivity index (χ0n) is 27.6. The molecule has 46 heavy (non-hydrogen) atoms. The molecule has 2 unspecified atom stereocenters. The molecule has 0 radical (unpaired) electrons. The van der Waals surface area contributed by atoms with Crippen molar-refractivity contribution in [2.75, 3.05) is 38.2 Å². The number of hydrogen-bond acceptors (Lipinski definition) is 8. The number of halogens is 1. The van der Waals surface area contributed by atoms with Gasteiger partial charge in [-0.1, -0.05) is 30.3 Å². The Bertz CT molecular complexity index is 1830. The number of amides is 1. The molecule has 2 bridgehead atoms. The second-order valence-electron chi connectivity index (χ2n) is 14.6. The Morgan fingerprint density at radius 3 is 2.67 bits per heavy atom. The van der Waals surface area contributed by atoms with Crippen LogP contribution in [0.5, 0.6) is 6.01 Å². The fourth-order valence-electron chi connectivity index (χ4n) is 7.60. The molecular weight excluding hydrogens is 583 g/mol. The zero-order chi connectivity index (χ0) is 32.4. The Morgan fingerprint density at radius 2 is 1.93 bits per heavy atom. The molecule has 0 N–H and O–H groups in total. The Labute approximate surface area is 269 Å². The lowest BCUT2D eigenvalue weighted by Gasteiger charge is -2.47. The average Bonchev–Trinajstić information content (AvgIpc) is 3.50. The molecule has 3 aliphatic heterocycles. The summed E-state index contributed by atoms with van der Waals surface area (Å²) in [7, 11) is 2.10. The van der Waals surface area contributed by atoms with Crippen molar-refractivity contribution in [2.45, 2.75) is 83.5 Å². The molecule has 1 amide bonds. The summed E-state index contributed by atoms with van der Waals surface area (Å²) in [6, 6.07) is 12.4. The lowest BCUT2D eigenvalue weighted by atomic mass is 9.97. The van der Waals surface area contributed by atoms with Gasteiger partial charge in [-0.15, -0.1) is 0 Å². The molecule has 7 rings (SSSR count). The number of rotatable bonds is 5.